The topological polar surface area (TPSA) is 108 Å². The highest BCUT2D eigenvalue weighted by Crippen LogP contribution is 2.39. The fourth-order valence-electron chi connectivity index (χ4n) is 5.15. The number of nitrogens with zero attached hydrogens (tertiary/aromatic N) is 1. The van der Waals surface area contributed by atoms with Crippen molar-refractivity contribution in [3.8, 4) is 0 Å². The van der Waals surface area contributed by atoms with E-state index in [1.54, 1.807) is 32.2 Å². The maximum Gasteiger partial charge on any atom is 0.246 e. The molecule has 3 N–H and O–H groups in total. The Morgan fingerprint density at radius 1 is 1.18 bits per heavy atom. The molecule has 2 fully saturated rings. The third-order valence-electron chi connectivity index (χ3n) is 7.15. The number of rotatable bonds is 8. The highest BCUT2D eigenvalue weighted by Gasteiger charge is 2.49. The second-order valence-electron chi connectivity index (χ2n) is 10.7. The van der Waals surface area contributed by atoms with Crippen LogP contribution in [0.3, 0.4) is 0 Å². The molecule has 3 rings (SSSR count). The number of likely N-dealkylation sites (N-methyl/N-ethyl adjacent to an activating group) is 1. The van der Waals surface area contributed by atoms with Crippen molar-refractivity contribution in [1.29, 1.82) is 0 Å². The number of fused-ring (bicyclic) bond motifs is 1. The van der Waals surface area contributed by atoms with Crippen molar-refractivity contribution in [1.82, 2.24) is 20.9 Å². The molecule has 8 heteroatoms. The van der Waals surface area contributed by atoms with Crippen molar-refractivity contribution in [2.45, 2.75) is 77.5 Å². The van der Waals surface area contributed by atoms with Gasteiger partial charge in [0.15, 0.2) is 0 Å². The van der Waals surface area contributed by atoms with Crippen LogP contribution < -0.4 is 16.0 Å². The lowest BCUT2D eigenvalue weighted by molar-refractivity contribution is -0.141. The van der Waals surface area contributed by atoms with Gasteiger partial charge in [-0.15, -0.1) is 0 Å². The highest BCUT2D eigenvalue weighted by atomic mass is 16.2. The number of carbonyl (C=O) groups is 4. The molecule has 1 aliphatic carbocycles. The van der Waals surface area contributed by atoms with Crippen LogP contribution in [-0.2, 0) is 20.8 Å². The van der Waals surface area contributed by atoms with Crippen LogP contribution in [0.5, 0.6) is 0 Å². The van der Waals surface area contributed by atoms with Crippen molar-refractivity contribution < 1.29 is 19.2 Å². The lowest BCUT2D eigenvalue weighted by Gasteiger charge is -2.38. The quantitative estimate of drug-likeness (QED) is 0.501. The van der Waals surface area contributed by atoms with Crippen LogP contribution in [0.25, 0.3) is 0 Å². The summed E-state index contributed by atoms with van der Waals surface area (Å²) >= 11 is 0. The first-order chi connectivity index (χ1) is 16.0. The Morgan fingerprint density at radius 2 is 1.91 bits per heavy atom. The zero-order valence-electron chi connectivity index (χ0n) is 20.9. The minimum absolute atomic E-state index is 0.0683. The fraction of sp³-hybridized carbons (Fsp3) is 0.615. The van der Waals surface area contributed by atoms with Crippen LogP contribution >= 0.6 is 0 Å². The number of amides is 3. The van der Waals surface area contributed by atoms with E-state index in [9.17, 15) is 19.2 Å². The molecule has 8 nitrogen and oxygen atoms in total. The van der Waals surface area contributed by atoms with Crippen LogP contribution in [0.1, 0.15) is 62.9 Å². The molecular weight excluding hydrogens is 432 g/mol. The van der Waals surface area contributed by atoms with Gasteiger partial charge in [0.2, 0.25) is 17.7 Å². The summed E-state index contributed by atoms with van der Waals surface area (Å²) in [6.45, 7) is 8.25. The number of benzene rings is 1. The van der Waals surface area contributed by atoms with E-state index >= 15 is 0 Å². The van der Waals surface area contributed by atoms with E-state index in [0.29, 0.717) is 18.0 Å². The Hall–Kier alpha value is -2.74. The molecule has 186 valence electrons. The smallest absolute Gasteiger partial charge is 0.246 e. The van der Waals surface area contributed by atoms with Gasteiger partial charge in [-0.25, -0.2) is 0 Å². The van der Waals surface area contributed by atoms with Gasteiger partial charge in [-0.2, -0.15) is 0 Å². The SMILES string of the molecule is CNC(C)C(=O)NC(C(=O)N1CCC2CCC(NC(=O)Cc3cccc(C=O)c3)C21)C(C)(C)C. The minimum atomic E-state index is -0.655. The normalized spacial score (nSPS) is 23.7. The van der Waals surface area contributed by atoms with E-state index in [1.165, 1.54) is 0 Å². The number of carbonyl (C=O) groups excluding carboxylic acids is 4. The van der Waals surface area contributed by atoms with E-state index < -0.39 is 17.5 Å². The lowest BCUT2D eigenvalue weighted by Crippen LogP contribution is -2.60. The Kier molecular flexibility index (Phi) is 8.13. The second-order valence-corrected chi connectivity index (χ2v) is 10.7. The molecule has 1 aromatic carbocycles. The van der Waals surface area contributed by atoms with Crippen LogP contribution in [0.4, 0.5) is 0 Å². The summed E-state index contributed by atoms with van der Waals surface area (Å²) in [7, 11) is 1.71. The van der Waals surface area contributed by atoms with E-state index in [-0.39, 0.29) is 36.2 Å². The van der Waals surface area contributed by atoms with Gasteiger partial charge < -0.3 is 20.9 Å². The molecule has 34 heavy (non-hydrogen) atoms. The molecular formula is C26H38N4O4. The van der Waals surface area contributed by atoms with Crippen LogP contribution in [0.2, 0.25) is 0 Å². The summed E-state index contributed by atoms with van der Waals surface area (Å²) < 4.78 is 0. The Morgan fingerprint density at radius 3 is 2.56 bits per heavy atom. The van der Waals surface area contributed by atoms with Crippen LogP contribution in [-0.4, -0.2) is 66.7 Å². The number of nitrogens with one attached hydrogen (secondary N) is 3. The molecule has 5 unspecified atom stereocenters. The standard InChI is InChI=1S/C26H38N4O4/c1-16(27-5)24(33)29-23(26(2,3)4)25(34)30-12-11-19-9-10-20(22(19)30)28-21(32)14-17-7-6-8-18(13-17)15-31/h6-8,13,15-16,19-20,22-23,27H,9-12,14H2,1-5H3,(H,28,32)(H,29,33). The molecule has 1 saturated heterocycles. The zero-order chi connectivity index (χ0) is 25.0. The first-order valence-electron chi connectivity index (χ1n) is 12.2. The number of aldehydes is 1. The second kappa shape index (κ2) is 10.7. The number of likely N-dealkylation sites (tertiary alicyclic amines) is 1. The predicted molar refractivity (Wildman–Crippen MR) is 130 cm³/mol. The largest absolute Gasteiger partial charge is 0.351 e. The molecule has 5 atom stereocenters. The van der Waals surface area contributed by atoms with Crippen molar-refractivity contribution in [3.05, 3.63) is 35.4 Å². The molecule has 1 saturated carbocycles. The molecule has 0 radical (unpaired) electrons. The molecule has 0 spiro atoms. The maximum absolute atomic E-state index is 13.7. The van der Waals surface area contributed by atoms with Crippen LogP contribution in [0, 0.1) is 11.3 Å². The molecule has 2 aliphatic rings. The van der Waals surface area contributed by atoms with Gasteiger partial charge in [0.25, 0.3) is 0 Å². The van der Waals surface area contributed by atoms with Crippen molar-refractivity contribution in [2.75, 3.05) is 13.6 Å². The van der Waals surface area contributed by atoms with Gasteiger partial charge in [-0.1, -0.05) is 39.0 Å². The van der Waals surface area contributed by atoms with E-state index in [0.717, 1.165) is 31.1 Å². The minimum Gasteiger partial charge on any atom is -0.351 e. The van der Waals surface area contributed by atoms with Crippen molar-refractivity contribution >= 4 is 24.0 Å². The van der Waals surface area contributed by atoms with Crippen molar-refractivity contribution in [3.63, 3.8) is 0 Å². The summed E-state index contributed by atoms with van der Waals surface area (Å²) in [6.07, 6.45) is 3.65. The average molecular weight is 471 g/mol. The van der Waals surface area contributed by atoms with Gasteiger partial charge >= 0.3 is 0 Å². The molecule has 1 aliphatic heterocycles. The molecule has 0 bridgehead atoms. The fourth-order valence-corrected chi connectivity index (χ4v) is 5.15. The first kappa shape index (κ1) is 25.9. The Bertz CT molecular complexity index is 926. The highest BCUT2D eigenvalue weighted by molar-refractivity contribution is 5.90. The summed E-state index contributed by atoms with van der Waals surface area (Å²) in [4.78, 5) is 52.0. The van der Waals surface area contributed by atoms with E-state index in [4.69, 9.17) is 0 Å². The van der Waals surface area contributed by atoms with Gasteiger partial charge in [0.05, 0.1) is 18.5 Å². The van der Waals surface area contributed by atoms with Crippen molar-refractivity contribution in [2.24, 2.45) is 11.3 Å². The van der Waals surface area contributed by atoms with Crippen LogP contribution in [0.15, 0.2) is 24.3 Å². The summed E-state index contributed by atoms with van der Waals surface area (Å²) in [5.41, 5.74) is 0.867. The summed E-state index contributed by atoms with van der Waals surface area (Å²) in [5, 5.41) is 9.02. The first-order valence-corrected chi connectivity index (χ1v) is 12.2. The lowest BCUT2D eigenvalue weighted by atomic mass is 9.85. The van der Waals surface area contributed by atoms with Gasteiger partial charge in [-0.05, 0) is 56.2 Å². The van der Waals surface area contributed by atoms with Gasteiger partial charge in [-0.3, -0.25) is 19.2 Å². The molecule has 3 amide bonds. The maximum atomic E-state index is 13.7. The average Bonchev–Trinajstić information content (AvgIpc) is 3.38. The Labute approximate surface area is 202 Å². The monoisotopic (exact) mass is 470 g/mol. The zero-order valence-corrected chi connectivity index (χ0v) is 20.9. The third kappa shape index (κ3) is 5.84. The van der Waals surface area contributed by atoms with Gasteiger partial charge in [0, 0.05) is 18.2 Å². The summed E-state index contributed by atoms with van der Waals surface area (Å²) in [5.74, 6) is -0.0615. The molecule has 1 heterocycles. The van der Waals surface area contributed by atoms with Gasteiger partial charge in [0.1, 0.15) is 12.3 Å². The number of hydrogen-bond donors (Lipinski definition) is 3. The molecule has 0 aromatic heterocycles. The third-order valence-corrected chi connectivity index (χ3v) is 7.15. The summed E-state index contributed by atoms with van der Waals surface area (Å²) in [6, 6.07) is 5.78. The van der Waals surface area contributed by atoms with E-state index in [2.05, 4.69) is 16.0 Å². The molecule has 1 aromatic rings. The number of hydrogen-bond acceptors (Lipinski definition) is 5. The van der Waals surface area contributed by atoms with E-state index in [1.807, 2.05) is 31.7 Å². The predicted octanol–water partition coefficient (Wildman–Crippen LogP) is 1.68. The Balaban J connectivity index is 1.71.